The highest BCUT2D eigenvalue weighted by Gasteiger charge is 2.11. The SMILES string of the molecule is C=CCc1[nH]c(CC)c(CC)c1C=CC=CC. The fraction of sp³-hybridized carbons (Fsp3) is 0.375. The molecule has 0 aromatic carbocycles. The molecule has 17 heavy (non-hydrogen) atoms. The molecular weight excluding hydrogens is 206 g/mol. The highest BCUT2D eigenvalue weighted by atomic mass is 14.7. The van der Waals surface area contributed by atoms with E-state index < -0.39 is 0 Å². The third kappa shape index (κ3) is 3.23. The molecular formula is C16H23N. The minimum atomic E-state index is 0.905. The molecule has 0 unspecified atom stereocenters. The molecule has 0 amide bonds. The van der Waals surface area contributed by atoms with E-state index in [1.165, 1.54) is 22.5 Å². The predicted octanol–water partition coefficient (Wildman–Crippen LogP) is 4.46. The second-order valence-electron chi connectivity index (χ2n) is 4.06. The molecule has 92 valence electrons. The summed E-state index contributed by atoms with van der Waals surface area (Å²) in [6.45, 7) is 10.3. The molecule has 0 fully saturated rings. The summed E-state index contributed by atoms with van der Waals surface area (Å²) in [5.74, 6) is 0. The Labute approximate surface area is 105 Å². The van der Waals surface area contributed by atoms with Crippen LogP contribution < -0.4 is 0 Å². The van der Waals surface area contributed by atoms with Gasteiger partial charge in [0.2, 0.25) is 0 Å². The zero-order valence-electron chi connectivity index (χ0n) is 11.2. The first kappa shape index (κ1) is 13.6. The van der Waals surface area contributed by atoms with Crippen LogP contribution in [-0.4, -0.2) is 4.98 Å². The Hall–Kier alpha value is -1.50. The zero-order chi connectivity index (χ0) is 12.7. The molecule has 1 N–H and O–H groups in total. The summed E-state index contributed by atoms with van der Waals surface area (Å²) in [6, 6.07) is 0. The minimum Gasteiger partial charge on any atom is -0.361 e. The number of nitrogens with one attached hydrogen (secondary N) is 1. The van der Waals surface area contributed by atoms with Gasteiger partial charge >= 0.3 is 0 Å². The van der Waals surface area contributed by atoms with Crippen molar-refractivity contribution in [3.63, 3.8) is 0 Å². The van der Waals surface area contributed by atoms with Gasteiger partial charge in [0.05, 0.1) is 0 Å². The maximum absolute atomic E-state index is 3.83. The van der Waals surface area contributed by atoms with Crippen molar-refractivity contribution in [1.82, 2.24) is 4.98 Å². The number of rotatable bonds is 6. The van der Waals surface area contributed by atoms with Crippen molar-refractivity contribution < 1.29 is 0 Å². The lowest BCUT2D eigenvalue weighted by molar-refractivity contribution is 0.986. The lowest BCUT2D eigenvalue weighted by atomic mass is 10.0. The summed E-state index contributed by atoms with van der Waals surface area (Å²) in [5, 5.41) is 0. The molecule has 0 spiro atoms. The summed E-state index contributed by atoms with van der Waals surface area (Å²) >= 11 is 0. The first-order valence-electron chi connectivity index (χ1n) is 6.41. The Balaban J connectivity index is 3.20. The Morgan fingerprint density at radius 3 is 2.41 bits per heavy atom. The van der Waals surface area contributed by atoms with Crippen LogP contribution in [0.5, 0.6) is 0 Å². The third-order valence-electron chi connectivity index (χ3n) is 2.94. The molecule has 0 radical (unpaired) electrons. The first-order chi connectivity index (χ1) is 8.28. The van der Waals surface area contributed by atoms with Crippen LogP contribution in [0.4, 0.5) is 0 Å². The lowest BCUT2D eigenvalue weighted by Gasteiger charge is -2.00. The number of aromatic amines is 1. The summed E-state index contributed by atoms with van der Waals surface area (Å²) < 4.78 is 0. The fourth-order valence-electron chi connectivity index (χ4n) is 2.14. The van der Waals surface area contributed by atoms with Crippen molar-refractivity contribution >= 4 is 6.08 Å². The van der Waals surface area contributed by atoms with Crippen LogP contribution in [0.15, 0.2) is 30.9 Å². The second-order valence-corrected chi connectivity index (χ2v) is 4.06. The van der Waals surface area contributed by atoms with Gasteiger partial charge in [-0.25, -0.2) is 0 Å². The molecule has 0 aliphatic carbocycles. The molecule has 0 saturated heterocycles. The van der Waals surface area contributed by atoms with Gasteiger partial charge in [-0.2, -0.15) is 0 Å². The summed E-state index contributed by atoms with van der Waals surface area (Å²) in [5.41, 5.74) is 5.45. The van der Waals surface area contributed by atoms with E-state index >= 15 is 0 Å². The Kier molecular flexibility index (Phi) is 5.55. The minimum absolute atomic E-state index is 0.905. The Bertz CT molecular complexity index is 419. The van der Waals surface area contributed by atoms with Crippen LogP contribution >= 0.6 is 0 Å². The van der Waals surface area contributed by atoms with Crippen molar-refractivity contribution in [3.8, 4) is 0 Å². The van der Waals surface area contributed by atoms with Crippen LogP contribution in [0.2, 0.25) is 0 Å². The average molecular weight is 229 g/mol. The Morgan fingerprint density at radius 1 is 1.12 bits per heavy atom. The maximum Gasteiger partial charge on any atom is 0.0263 e. The van der Waals surface area contributed by atoms with Crippen LogP contribution in [0.1, 0.15) is 43.3 Å². The van der Waals surface area contributed by atoms with Crippen molar-refractivity contribution in [1.29, 1.82) is 0 Å². The van der Waals surface area contributed by atoms with Gasteiger partial charge in [-0.1, -0.05) is 44.2 Å². The largest absolute Gasteiger partial charge is 0.361 e. The van der Waals surface area contributed by atoms with Gasteiger partial charge < -0.3 is 4.98 Å². The number of allylic oxidation sites excluding steroid dienone is 4. The molecule has 1 nitrogen and oxygen atoms in total. The van der Waals surface area contributed by atoms with E-state index in [-0.39, 0.29) is 0 Å². The highest BCUT2D eigenvalue weighted by molar-refractivity contribution is 5.60. The number of hydrogen-bond donors (Lipinski definition) is 1. The highest BCUT2D eigenvalue weighted by Crippen LogP contribution is 2.23. The summed E-state index contributed by atoms with van der Waals surface area (Å²) in [4.78, 5) is 3.53. The zero-order valence-corrected chi connectivity index (χ0v) is 11.2. The van der Waals surface area contributed by atoms with E-state index in [9.17, 15) is 0 Å². The average Bonchev–Trinajstić information content (AvgIpc) is 2.67. The number of hydrogen-bond acceptors (Lipinski definition) is 0. The Morgan fingerprint density at radius 2 is 1.88 bits per heavy atom. The summed E-state index contributed by atoms with van der Waals surface area (Å²) in [6.07, 6.45) is 13.4. The molecule has 1 aromatic rings. The van der Waals surface area contributed by atoms with E-state index in [2.05, 4.69) is 43.6 Å². The number of H-pyrrole nitrogens is 1. The quantitative estimate of drug-likeness (QED) is 0.547. The maximum atomic E-state index is 3.83. The molecule has 0 aliphatic rings. The first-order valence-corrected chi connectivity index (χ1v) is 6.41. The van der Waals surface area contributed by atoms with Gasteiger partial charge in [0.25, 0.3) is 0 Å². The predicted molar refractivity (Wildman–Crippen MR) is 77.3 cm³/mol. The van der Waals surface area contributed by atoms with E-state index in [0.29, 0.717) is 0 Å². The van der Waals surface area contributed by atoms with Gasteiger partial charge in [0.1, 0.15) is 0 Å². The smallest absolute Gasteiger partial charge is 0.0263 e. The van der Waals surface area contributed by atoms with Gasteiger partial charge in [-0.3, -0.25) is 0 Å². The van der Waals surface area contributed by atoms with Crippen molar-refractivity contribution in [3.05, 3.63) is 53.4 Å². The second kappa shape index (κ2) is 6.95. The van der Waals surface area contributed by atoms with Crippen LogP contribution in [0.3, 0.4) is 0 Å². The molecule has 1 heteroatoms. The molecule has 0 bridgehead atoms. The normalized spacial score (nSPS) is 11.7. The molecule has 1 heterocycles. The van der Waals surface area contributed by atoms with Gasteiger partial charge in [-0.15, -0.1) is 6.58 Å². The molecule has 0 saturated carbocycles. The number of aryl methyl sites for hydroxylation is 1. The lowest BCUT2D eigenvalue weighted by Crippen LogP contribution is -1.88. The van der Waals surface area contributed by atoms with Crippen LogP contribution in [0, 0.1) is 0 Å². The van der Waals surface area contributed by atoms with Gasteiger partial charge in [-0.05, 0) is 30.9 Å². The van der Waals surface area contributed by atoms with E-state index in [1.807, 2.05) is 19.1 Å². The van der Waals surface area contributed by atoms with E-state index in [4.69, 9.17) is 0 Å². The van der Waals surface area contributed by atoms with Gasteiger partial charge in [0.15, 0.2) is 0 Å². The summed E-state index contributed by atoms with van der Waals surface area (Å²) in [7, 11) is 0. The monoisotopic (exact) mass is 229 g/mol. The third-order valence-corrected chi connectivity index (χ3v) is 2.94. The van der Waals surface area contributed by atoms with Crippen molar-refractivity contribution in [2.45, 2.75) is 40.0 Å². The molecule has 1 rings (SSSR count). The molecule has 1 aromatic heterocycles. The topological polar surface area (TPSA) is 15.8 Å². The standard InChI is InChI=1S/C16H23N/c1-5-9-10-12-14-13(7-3)15(8-4)17-16(14)11-6-2/h5-6,9-10,12,17H,2,7-8,11H2,1,3-4H3. The van der Waals surface area contributed by atoms with E-state index in [1.54, 1.807) is 0 Å². The van der Waals surface area contributed by atoms with Gasteiger partial charge in [0, 0.05) is 17.8 Å². The molecule has 0 aliphatic heterocycles. The fourth-order valence-corrected chi connectivity index (χ4v) is 2.14. The van der Waals surface area contributed by atoms with Crippen molar-refractivity contribution in [2.75, 3.05) is 0 Å². The number of aromatic nitrogens is 1. The molecule has 0 atom stereocenters. The van der Waals surface area contributed by atoms with Crippen LogP contribution in [-0.2, 0) is 19.3 Å². The van der Waals surface area contributed by atoms with Crippen LogP contribution in [0.25, 0.3) is 6.08 Å². The van der Waals surface area contributed by atoms with E-state index in [0.717, 1.165) is 19.3 Å². The van der Waals surface area contributed by atoms with Crippen molar-refractivity contribution in [2.24, 2.45) is 0 Å².